The van der Waals surface area contributed by atoms with Crippen molar-refractivity contribution >= 4 is 34.3 Å². The molecule has 2 aromatic heterocycles. The van der Waals surface area contributed by atoms with Crippen molar-refractivity contribution in [2.45, 2.75) is 44.7 Å². The number of rotatable bonds is 5. The molecule has 2 atom stereocenters. The molecule has 3 N–H and O–H groups in total. The molecule has 0 saturated carbocycles. The van der Waals surface area contributed by atoms with Crippen LogP contribution in [0.1, 0.15) is 60.6 Å². The smallest absolute Gasteiger partial charge is 0.313 e. The summed E-state index contributed by atoms with van der Waals surface area (Å²) in [6.45, 7) is 4.66. The number of anilines is 1. The van der Waals surface area contributed by atoms with Gasteiger partial charge in [-0.2, -0.15) is 5.10 Å². The molecule has 0 radical (unpaired) electrons. The predicted molar refractivity (Wildman–Crippen MR) is 146 cm³/mol. The highest BCUT2D eigenvalue weighted by atomic mass is 16.5. The van der Waals surface area contributed by atoms with Crippen molar-refractivity contribution in [3.8, 4) is 5.88 Å². The van der Waals surface area contributed by atoms with E-state index in [1.165, 1.54) is 19.4 Å². The van der Waals surface area contributed by atoms with Gasteiger partial charge in [-0.05, 0) is 69.4 Å². The number of piperidine rings is 2. The van der Waals surface area contributed by atoms with E-state index in [-0.39, 0.29) is 29.1 Å². The summed E-state index contributed by atoms with van der Waals surface area (Å²) in [5, 5.41) is 8.52. The van der Waals surface area contributed by atoms with Gasteiger partial charge in [0.1, 0.15) is 5.56 Å². The Morgan fingerprint density at radius 1 is 1.10 bits per heavy atom. The highest BCUT2D eigenvalue weighted by molar-refractivity contribution is 6.39. The Labute approximate surface area is 227 Å². The van der Waals surface area contributed by atoms with E-state index in [9.17, 15) is 14.4 Å². The number of pyridine rings is 1. The zero-order chi connectivity index (χ0) is 27.7. The molecule has 0 bridgehead atoms. The maximum absolute atomic E-state index is 13.4. The minimum absolute atomic E-state index is 0.0141. The number of fused-ring (bicyclic) bond motifs is 1. The number of carbonyl (C=O) groups is 3. The SMILES string of the molecule is COc1ncc(NC(=O)C(=O)N2C[C@@H](C)CC[C@@H]2c2ccc3cn(C4CCN(C)CC4)nc3c2)cc1C(N)=O. The van der Waals surface area contributed by atoms with E-state index in [2.05, 4.69) is 46.1 Å². The number of methoxy groups -OCH3 is 1. The van der Waals surface area contributed by atoms with Crippen LogP contribution in [0, 0.1) is 5.92 Å². The maximum Gasteiger partial charge on any atom is 0.313 e. The van der Waals surface area contributed by atoms with Crippen molar-refractivity contribution in [3.63, 3.8) is 0 Å². The van der Waals surface area contributed by atoms with E-state index in [1.54, 1.807) is 4.90 Å². The van der Waals surface area contributed by atoms with Gasteiger partial charge in [0.25, 0.3) is 5.91 Å². The van der Waals surface area contributed by atoms with Crippen molar-refractivity contribution in [1.82, 2.24) is 24.6 Å². The summed E-state index contributed by atoms with van der Waals surface area (Å²) in [6, 6.07) is 7.63. The van der Waals surface area contributed by atoms with Crippen molar-refractivity contribution < 1.29 is 19.1 Å². The van der Waals surface area contributed by atoms with Crippen LogP contribution < -0.4 is 15.8 Å². The van der Waals surface area contributed by atoms with Gasteiger partial charge in [-0.15, -0.1) is 0 Å². The fraction of sp³-hybridized carbons (Fsp3) is 0.464. The van der Waals surface area contributed by atoms with E-state index >= 15 is 0 Å². The zero-order valence-electron chi connectivity index (χ0n) is 22.6. The second-order valence-electron chi connectivity index (χ2n) is 10.7. The number of nitrogens with one attached hydrogen (secondary N) is 1. The van der Waals surface area contributed by atoms with E-state index in [0.717, 1.165) is 55.2 Å². The summed E-state index contributed by atoms with van der Waals surface area (Å²) in [7, 11) is 3.51. The molecule has 3 aromatic rings. The Hall–Kier alpha value is -3.99. The molecule has 2 saturated heterocycles. The Morgan fingerprint density at radius 2 is 1.87 bits per heavy atom. The first-order valence-electron chi connectivity index (χ1n) is 13.4. The lowest BCUT2D eigenvalue weighted by Gasteiger charge is -2.38. The first-order chi connectivity index (χ1) is 18.7. The second-order valence-corrected chi connectivity index (χ2v) is 10.7. The number of amides is 3. The van der Waals surface area contributed by atoms with E-state index in [4.69, 9.17) is 15.6 Å². The quantitative estimate of drug-likeness (QED) is 0.481. The van der Waals surface area contributed by atoms with Gasteiger partial charge in [0.2, 0.25) is 5.88 Å². The monoisotopic (exact) mass is 533 g/mol. The maximum atomic E-state index is 13.4. The highest BCUT2D eigenvalue weighted by Crippen LogP contribution is 2.35. The van der Waals surface area contributed by atoms with Gasteiger partial charge in [0.05, 0.1) is 36.6 Å². The molecule has 11 heteroatoms. The number of ether oxygens (including phenoxy) is 1. The third-order valence-electron chi connectivity index (χ3n) is 7.84. The van der Waals surface area contributed by atoms with Crippen molar-refractivity contribution in [2.75, 3.05) is 39.1 Å². The number of nitrogens with two attached hydrogens (primary N) is 1. The van der Waals surface area contributed by atoms with Gasteiger partial charge in [-0.3, -0.25) is 19.1 Å². The minimum Gasteiger partial charge on any atom is -0.480 e. The average molecular weight is 534 g/mol. The number of nitrogens with zero attached hydrogens (tertiary/aromatic N) is 5. The lowest BCUT2D eigenvalue weighted by molar-refractivity contribution is -0.146. The largest absolute Gasteiger partial charge is 0.480 e. The summed E-state index contributed by atoms with van der Waals surface area (Å²) < 4.78 is 7.13. The Balaban J connectivity index is 1.36. The number of hydrogen-bond donors (Lipinski definition) is 2. The van der Waals surface area contributed by atoms with Gasteiger partial charge >= 0.3 is 11.8 Å². The third kappa shape index (κ3) is 5.58. The van der Waals surface area contributed by atoms with Crippen LogP contribution in [0.4, 0.5) is 5.69 Å². The van der Waals surface area contributed by atoms with Crippen LogP contribution in [0.15, 0.2) is 36.7 Å². The third-order valence-corrected chi connectivity index (χ3v) is 7.84. The summed E-state index contributed by atoms with van der Waals surface area (Å²) in [6.07, 6.45) is 7.26. The Bertz CT molecular complexity index is 1400. The lowest BCUT2D eigenvalue weighted by atomic mass is 9.89. The summed E-state index contributed by atoms with van der Waals surface area (Å²) in [5.41, 5.74) is 7.46. The fourth-order valence-electron chi connectivity index (χ4n) is 5.60. The molecule has 4 heterocycles. The topological polar surface area (TPSA) is 136 Å². The first-order valence-corrected chi connectivity index (χ1v) is 13.4. The molecule has 0 aliphatic carbocycles. The van der Waals surface area contributed by atoms with Crippen LogP contribution in [-0.2, 0) is 9.59 Å². The normalized spacial score (nSPS) is 20.6. The lowest BCUT2D eigenvalue weighted by Crippen LogP contribution is -2.46. The molecule has 2 fully saturated rings. The van der Waals surface area contributed by atoms with Gasteiger partial charge in [0, 0.05) is 18.1 Å². The van der Waals surface area contributed by atoms with Crippen LogP contribution in [0.2, 0.25) is 0 Å². The van der Waals surface area contributed by atoms with E-state index in [1.807, 2.05) is 12.1 Å². The van der Waals surface area contributed by atoms with E-state index < -0.39 is 17.7 Å². The molecular formula is C28H35N7O4. The zero-order valence-corrected chi connectivity index (χ0v) is 22.6. The molecule has 2 aliphatic heterocycles. The number of likely N-dealkylation sites (tertiary alicyclic amines) is 2. The predicted octanol–water partition coefficient (Wildman–Crippen LogP) is 2.74. The van der Waals surface area contributed by atoms with Crippen LogP contribution in [0.3, 0.4) is 0 Å². The molecule has 1 aromatic carbocycles. The van der Waals surface area contributed by atoms with Crippen LogP contribution in [0.5, 0.6) is 5.88 Å². The number of benzene rings is 1. The van der Waals surface area contributed by atoms with E-state index in [0.29, 0.717) is 12.6 Å². The van der Waals surface area contributed by atoms with Crippen LogP contribution in [0.25, 0.3) is 10.9 Å². The van der Waals surface area contributed by atoms with Gasteiger partial charge in [-0.1, -0.05) is 19.1 Å². The van der Waals surface area contributed by atoms with Crippen molar-refractivity contribution in [1.29, 1.82) is 0 Å². The fourth-order valence-corrected chi connectivity index (χ4v) is 5.60. The summed E-state index contributed by atoms with van der Waals surface area (Å²) in [5.74, 6) is -1.88. The molecule has 3 amide bonds. The van der Waals surface area contributed by atoms with Crippen LogP contribution in [-0.4, -0.2) is 76.1 Å². The standard InChI is InChI=1S/C28H35N7O4/c1-17-4-7-24(18-5-6-19-16-35(32-23(19)12-18)21-8-10-33(2)11-9-21)34(15-17)28(38)26(37)31-20-13-22(25(29)36)27(39-3)30-14-20/h5-6,12-14,16-17,21,24H,4,7-11,15H2,1-3H3,(H2,29,36)(H,31,37)/t17-,24+/m0/s1. The molecule has 39 heavy (non-hydrogen) atoms. The second kappa shape index (κ2) is 11.0. The molecule has 206 valence electrons. The van der Waals surface area contributed by atoms with Gasteiger partial charge in [0.15, 0.2) is 0 Å². The Morgan fingerprint density at radius 3 is 2.59 bits per heavy atom. The Kier molecular flexibility index (Phi) is 7.51. The highest BCUT2D eigenvalue weighted by Gasteiger charge is 2.34. The number of carbonyl (C=O) groups excluding carboxylic acids is 3. The average Bonchev–Trinajstić information content (AvgIpc) is 3.36. The summed E-state index contributed by atoms with van der Waals surface area (Å²) in [4.78, 5) is 46.2. The number of primary amides is 1. The minimum atomic E-state index is -0.802. The van der Waals surface area contributed by atoms with Crippen molar-refractivity contribution in [2.24, 2.45) is 11.7 Å². The first kappa shape index (κ1) is 26.6. The van der Waals surface area contributed by atoms with Gasteiger partial charge < -0.3 is 25.6 Å². The van der Waals surface area contributed by atoms with Gasteiger partial charge in [-0.25, -0.2) is 4.98 Å². The molecule has 11 nitrogen and oxygen atoms in total. The summed E-state index contributed by atoms with van der Waals surface area (Å²) >= 11 is 0. The molecule has 0 unspecified atom stereocenters. The molecule has 2 aliphatic rings. The number of aromatic nitrogens is 3. The molecule has 0 spiro atoms. The number of hydrogen-bond acceptors (Lipinski definition) is 7. The molecule has 5 rings (SSSR count). The van der Waals surface area contributed by atoms with Crippen LogP contribution >= 0.6 is 0 Å². The molecular weight excluding hydrogens is 498 g/mol. The van der Waals surface area contributed by atoms with Crippen molar-refractivity contribution in [3.05, 3.63) is 47.8 Å².